The second-order valence-corrected chi connectivity index (χ2v) is 8.04. The maximum absolute atomic E-state index is 10.3. The van der Waals surface area contributed by atoms with Gasteiger partial charge in [-0.15, -0.1) is 0 Å². The van der Waals surface area contributed by atoms with Crippen molar-refractivity contribution in [3.63, 3.8) is 0 Å². The highest BCUT2D eigenvalue weighted by molar-refractivity contribution is 8.00. The lowest BCUT2D eigenvalue weighted by molar-refractivity contribution is -0.584. The van der Waals surface area contributed by atoms with Crippen LogP contribution in [0.25, 0.3) is 0 Å². The minimum atomic E-state index is -1.19. The zero-order chi connectivity index (χ0) is 18.8. The molecule has 2 aliphatic heterocycles. The molecule has 7 nitrogen and oxygen atoms in total. The van der Waals surface area contributed by atoms with Crippen LogP contribution in [0.2, 0.25) is 0 Å². The van der Waals surface area contributed by atoms with Gasteiger partial charge in [-0.05, 0) is 17.7 Å². The van der Waals surface area contributed by atoms with Crippen molar-refractivity contribution < 1.29 is 19.2 Å². The van der Waals surface area contributed by atoms with Crippen LogP contribution in [0.5, 0.6) is 11.5 Å². The lowest BCUT2D eigenvalue weighted by Crippen LogP contribution is -2.88. The minimum Gasteiger partial charge on any atom is -0.493 e. The van der Waals surface area contributed by atoms with E-state index in [0.717, 1.165) is 11.3 Å². The number of nitrogens with one attached hydrogen (secondary N) is 1. The van der Waals surface area contributed by atoms with E-state index in [-0.39, 0.29) is 5.84 Å². The van der Waals surface area contributed by atoms with E-state index < -0.39 is 21.3 Å². The highest BCUT2D eigenvalue weighted by Crippen LogP contribution is 2.84. The SMILES string of the molecule is COc1ccc([C@]2(C)[C@]3(C#N)C(N)=[NH+][C@@]4(OCCS4)[C@@]32C#N)cc1OC. The maximum Gasteiger partial charge on any atom is 0.278 e. The molecule has 8 heteroatoms. The first-order chi connectivity index (χ1) is 12.4. The van der Waals surface area contributed by atoms with E-state index in [2.05, 4.69) is 17.1 Å². The van der Waals surface area contributed by atoms with Gasteiger partial charge in [-0.3, -0.25) is 5.73 Å². The zero-order valence-electron chi connectivity index (χ0n) is 14.8. The van der Waals surface area contributed by atoms with Gasteiger partial charge >= 0.3 is 0 Å². The molecule has 2 heterocycles. The van der Waals surface area contributed by atoms with Crippen LogP contribution in [0.3, 0.4) is 0 Å². The van der Waals surface area contributed by atoms with Crippen molar-refractivity contribution in [1.29, 1.82) is 10.5 Å². The minimum absolute atomic E-state index is 0.285. The summed E-state index contributed by atoms with van der Waals surface area (Å²) in [6, 6.07) is 10.2. The van der Waals surface area contributed by atoms with Gasteiger partial charge in [0.15, 0.2) is 22.3 Å². The van der Waals surface area contributed by atoms with Gasteiger partial charge in [0.25, 0.3) is 10.9 Å². The van der Waals surface area contributed by atoms with E-state index in [0.29, 0.717) is 18.1 Å². The van der Waals surface area contributed by atoms with E-state index >= 15 is 0 Å². The van der Waals surface area contributed by atoms with Crippen molar-refractivity contribution in [2.24, 2.45) is 16.6 Å². The molecule has 0 bridgehead atoms. The quantitative estimate of drug-likeness (QED) is 0.760. The molecule has 0 radical (unpaired) electrons. The number of amidine groups is 1. The van der Waals surface area contributed by atoms with E-state index in [9.17, 15) is 10.5 Å². The summed E-state index contributed by atoms with van der Waals surface area (Å²) in [7, 11) is 3.11. The average Bonchev–Trinajstić information content (AvgIpc) is 2.94. The molecular formula is C18H19N4O3S+. The number of nitrogens with two attached hydrogens (primary N) is 1. The number of nitrogens with zero attached hydrogens (tertiary/aromatic N) is 2. The summed E-state index contributed by atoms with van der Waals surface area (Å²) < 4.78 is 16.7. The topological polar surface area (TPSA) is 115 Å². The molecule has 4 atom stereocenters. The Morgan fingerprint density at radius 3 is 2.50 bits per heavy atom. The first kappa shape index (κ1) is 17.0. The molecule has 1 saturated carbocycles. The fourth-order valence-electron chi connectivity index (χ4n) is 4.94. The molecule has 4 rings (SSSR count). The Bertz CT molecular complexity index is 914. The predicted octanol–water partition coefficient (Wildman–Crippen LogP) is -0.136. The Morgan fingerprint density at radius 2 is 1.96 bits per heavy atom. The number of methoxy groups -OCH3 is 2. The summed E-state index contributed by atoms with van der Waals surface area (Å²) in [5.74, 6) is 2.14. The van der Waals surface area contributed by atoms with E-state index in [1.165, 1.54) is 11.8 Å². The van der Waals surface area contributed by atoms with Gasteiger partial charge in [0.05, 0.1) is 38.4 Å². The van der Waals surface area contributed by atoms with E-state index in [1.54, 1.807) is 20.3 Å². The van der Waals surface area contributed by atoms with Gasteiger partial charge in [0.2, 0.25) is 0 Å². The molecule has 2 fully saturated rings. The molecule has 1 aliphatic carbocycles. The standard InChI is InChI=1S/C18H18N4O3S/c1-15(11-4-5-12(23-2)13(8-11)24-3)16(9-19)14(21)22-18(17(15,16)10-20)25-6-7-26-18/h4-5,8H,6-7H2,1-3H3,(H2,21,22)/p+1/t15-,16+,17-,18-/m1/s1. The molecular weight excluding hydrogens is 352 g/mol. The number of thioether (sulfide) groups is 1. The number of nitriles is 2. The van der Waals surface area contributed by atoms with Gasteiger partial charge in [0.1, 0.15) is 0 Å². The lowest BCUT2D eigenvalue weighted by Gasteiger charge is -2.28. The molecule has 1 aromatic carbocycles. The van der Waals surface area contributed by atoms with Crippen molar-refractivity contribution >= 4 is 17.6 Å². The molecule has 1 spiro atoms. The Balaban J connectivity index is 1.97. The molecule has 1 aromatic rings. The number of rotatable bonds is 3. The van der Waals surface area contributed by atoms with Crippen molar-refractivity contribution in [2.75, 3.05) is 26.6 Å². The van der Waals surface area contributed by atoms with Crippen molar-refractivity contribution in [3.8, 4) is 23.6 Å². The maximum atomic E-state index is 10.3. The van der Waals surface area contributed by atoms with Crippen molar-refractivity contribution in [2.45, 2.75) is 17.4 Å². The fraction of sp³-hybridized carbons (Fsp3) is 0.500. The first-order valence-electron chi connectivity index (χ1n) is 8.18. The van der Waals surface area contributed by atoms with E-state index in [4.69, 9.17) is 19.9 Å². The van der Waals surface area contributed by atoms with Gasteiger partial charge in [-0.2, -0.15) is 10.5 Å². The molecule has 0 amide bonds. The highest BCUT2D eigenvalue weighted by Gasteiger charge is 3.02. The zero-order valence-corrected chi connectivity index (χ0v) is 15.6. The first-order valence-corrected chi connectivity index (χ1v) is 9.17. The largest absolute Gasteiger partial charge is 0.493 e. The van der Waals surface area contributed by atoms with Crippen molar-refractivity contribution in [3.05, 3.63) is 23.8 Å². The highest BCUT2D eigenvalue weighted by atomic mass is 32.2. The van der Waals surface area contributed by atoms with Gasteiger partial charge in [-0.25, -0.2) is 4.99 Å². The smallest absolute Gasteiger partial charge is 0.278 e. The average molecular weight is 371 g/mol. The molecule has 0 aromatic heterocycles. The summed E-state index contributed by atoms with van der Waals surface area (Å²) in [4.78, 5) is 3.12. The number of benzene rings is 1. The van der Waals surface area contributed by atoms with Gasteiger partial charge < -0.3 is 14.2 Å². The monoisotopic (exact) mass is 371 g/mol. The molecule has 1 saturated heterocycles. The second-order valence-electron chi connectivity index (χ2n) is 6.77. The van der Waals surface area contributed by atoms with Crippen LogP contribution in [-0.2, 0) is 10.2 Å². The third-order valence-corrected chi connectivity index (χ3v) is 7.49. The number of hydrogen-bond acceptors (Lipinski definition) is 7. The Kier molecular flexibility index (Phi) is 3.31. The summed E-state index contributed by atoms with van der Waals surface area (Å²) in [5.41, 5.74) is 3.91. The Morgan fingerprint density at radius 1 is 1.23 bits per heavy atom. The molecule has 3 aliphatic rings. The summed E-state index contributed by atoms with van der Waals surface area (Å²) >= 11 is 1.49. The third kappa shape index (κ3) is 1.41. The van der Waals surface area contributed by atoms with E-state index in [1.807, 2.05) is 19.1 Å². The molecule has 3 N–H and O–H groups in total. The van der Waals surface area contributed by atoms with Gasteiger partial charge in [-0.1, -0.05) is 24.8 Å². The molecule has 0 unspecified atom stereocenters. The lowest BCUT2D eigenvalue weighted by atomic mass is 9.85. The number of hydrogen-bond donors (Lipinski definition) is 2. The molecule has 26 heavy (non-hydrogen) atoms. The number of ether oxygens (including phenoxy) is 3. The Hall–Kier alpha value is -2.42. The number of fused-ring (bicyclic) bond motifs is 2. The third-order valence-electron chi connectivity index (χ3n) is 6.19. The van der Waals surface area contributed by atoms with Crippen LogP contribution in [0, 0.1) is 33.5 Å². The summed E-state index contributed by atoms with van der Waals surface area (Å²) in [6.07, 6.45) is 0. The predicted molar refractivity (Wildman–Crippen MR) is 94.3 cm³/mol. The Labute approximate surface area is 155 Å². The molecule has 134 valence electrons. The van der Waals surface area contributed by atoms with Crippen LogP contribution in [0.1, 0.15) is 12.5 Å². The normalized spacial score (nSPS) is 39.7. The van der Waals surface area contributed by atoms with Crippen LogP contribution in [-0.4, -0.2) is 37.5 Å². The second kappa shape index (κ2) is 5.06. The fourth-order valence-corrected chi connectivity index (χ4v) is 6.36. The van der Waals surface area contributed by atoms with Crippen LogP contribution in [0.4, 0.5) is 0 Å². The van der Waals surface area contributed by atoms with Crippen LogP contribution >= 0.6 is 11.8 Å². The van der Waals surface area contributed by atoms with Crippen molar-refractivity contribution in [1.82, 2.24) is 0 Å². The summed E-state index contributed by atoms with van der Waals surface area (Å²) in [6.45, 7) is 2.40. The van der Waals surface area contributed by atoms with Crippen LogP contribution in [0.15, 0.2) is 18.2 Å². The summed E-state index contributed by atoms with van der Waals surface area (Å²) in [5, 5.41) is 19.4. The van der Waals surface area contributed by atoms with Gasteiger partial charge in [0, 0.05) is 5.75 Å². The van der Waals surface area contributed by atoms with Crippen LogP contribution < -0.4 is 20.2 Å².